The van der Waals surface area contributed by atoms with Crippen molar-refractivity contribution in [2.24, 2.45) is 0 Å². The standard InChI is InChI=1S/C11H16O4S.Li/c1-11(2,3)8-5-6-10(16(12,13)14)9(7-8)15-4;/h5-7H,1-4H3,(H,12,13,14);/q;+1/p-1. The number of methoxy groups -OCH3 is 1. The maximum Gasteiger partial charge on any atom is 1.00 e. The number of hydrogen-bond acceptors (Lipinski definition) is 4. The number of hydrogen-bond donors (Lipinski definition) is 0. The Morgan fingerprint density at radius 1 is 1.24 bits per heavy atom. The fourth-order valence-electron chi connectivity index (χ4n) is 1.34. The molecule has 0 bridgehead atoms. The molecule has 0 aliphatic carbocycles. The van der Waals surface area contributed by atoms with Gasteiger partial charge in [-0.3, -0.25) is 0 Å². The predicted molar refractivity (Wildman–Crippen MR) is 59.7 cm³/mol. The van der Waals surface area contributed by atoms with Crippen LogP contribution in [0.5, 0.6) is 5.75 Å². The first-order valence-electron chi connectivity index (χ1n) is 4.80. The van der Waals surface area contributed by atoms with Crippen molar-refractivity contribution in [1.29, 1.82) is 0 Å². The van der Waals surface area contributed by atoms with Crippen LogP contribution in [0.2, 0.25) is 0 Å². The summed E-state index contributed by atoms with van der Waals surface area (Å²) in [5.41, 5.74) is 0.787. The molecule has 0 fully saturated rings. The minimum atomic E-state index is -4.48. The van der Waals surface area contributed by atoms with Crippen LogP contribution in [0.25, 0.3) is 0 Å². The molecule has 17 heavy (non-hydrogen) atoms. The molecule has 0 aliphatic rings. The molecule has 0 aliphatic heterocycles. The second-order valence-electron chi connectivity index (χ2n) is 4.57. The van der Waals surface area contributed by atoms with E-state index in [-0.39, 0.29) is 34.9 Å². The van der Waals surface area contributed by atoms with E-state index in [9.17, 15) is 13.0 Å². The summed E-state index contributed by atoms with van der Waals surface area (Å²) in [5, 5.41) is 0. The van der Waals surface area contributed by atoms with Gasteiger partial charge >= 0.3 is 18.9 Å². The van der Waals surface area contributed by atoms with Crippen LogP contribution in [0.3, 0.4) is 0 Å². The van der Waals surface area contributed by atoms with Crippen LogP contribution in [0.15, 0.2) is 23.1 Å². The largest absolute Gasteiger partial charge is 1.00 e. The van der Waals surface area contributed by atoms with Crippen molar-refractivity contribution < 1.29 is 36.6 Å². The van der Waals surface area contributed by atoms with Crippen LogP contribution < -0.4 is 23.6 Å². The number of rotatable bonds is 2. The minimum absolute atomic E-state index is 0. The van der Waals surface area contributed by atoms with Crippen LogP contribution in [0, 0.1) is 0 Å². The normalized spacial score (nSPS) is 11.8. The van der Waals surface area contributed by atoms with Gasteiger partial charge in [-0.2, -0.15) is 0 Å². The Hall–Kier alpha value is -0.473. The van der Waals surface area contributed by atoms with Crippen LogP contribution >= 0.6 is 0 Å². The van der Waals surface area contributed by atoms with E-state index in [2.05, 4.69) is 0 Å². The van der Waals surface area contributed by atoms with Gasteiger partial charge in [-0.15, -0.1) is 0 Å². The molecule has 1 aromatic carbocycles. The molecule has 4 nitrogen and oxygen atoms in total. The Labute approximate surface area is 114 Å². The topological polar surface area (TPSA) is 66.4 Å². The summed E-state index contributed by atoms with van der Waals surface area (Å²) in [6.07, 6.45) is 0. The molecule has 0 atom stereocenters. The number of benzene rings is 1. The quantitative estimate of drug-likeness (QED) is 0.493. The van der Waals surface area contributed by atoms with Gasteiger partial charge in [-0.25, -0.2) is 8.42 Å². The van der Waals surface area contributed by atoms with Gasteiger partial charge in [0.1, 0.15) is 15.9 Å². The summed E-state index contributed by atoms with van der Waals surface area (Å²) in [7, 11) is -3.14. The minimum Gasteiger partial charge on any atom is -0.744 e. The molecule has 0 heterocycles. The van der Waals surface area contributed by atoms with E-state index < -0.39 is 10.1 Å². The monoisotopic (exact) mass is 250 g/mol. The summed E-state index contributed by atoms with van der Waals surface area (Å²) in [6, 6.07) is 4.51. The first kappa shape index (κ1) is 16.5. The summed E-state index contributed by atoms with van der Waals surface area (Å²) in [4.78, 5) is -0.317. The fourth-order valence-corrected chi connectivity index (χ4v) is 1.96. The van der Waals surface area contributed by atoms with Gasteiger partial charge in [0, 0.05) is 0 Å². The van der Waals surface area contributed by atoms with Crippen LogP contribution in [0.4, 0.5) is 0 Å². The van der Waals surface area contributed by atoms with Gasteiger partial charge in [0.2, 0.25) is 0 Å². The molecule has 6 heteroatoms. The zero-order chi connectivity index (χ0) is 12.6. The molecule has 0 saturated carbocycles. The van der Waals surface area contributed by atoms with Gasteiger partial charge in [0.15, 0.2) is 0 Å². The first-order chi connectivity index (χ1) is 7.16. The van der Waals surface area contributed by atoms with Crippen molar-refractivity contribution in [1.82, 2.24) is 0 Å². The molecule has 0 saturated heterocycles. The fraction of sp³-hybridized carbons (Fsp3) is 0.455. The average molecular weight is 250 g/mol. The zero-order valence-electron chi connectivity index (χ0n) is 10.8. The molecule has 1 aromatic rings. The summed E-state index contributed by atoms with van der Waals surface area (Å²) < 4.78 is 37.7. The van der Waals surface area contributed by atoms with Crippen molar-refractivity contribution in [2.75, 3.05) is 7.11 Å². The molecule has 1 rings (SSSR count). The molecule has 0 spiro atoms. The van der Waals surface area contributed by atoms with E-state index in [1.807, 2.05) is 20.8 Å². The number of ether oxygens (including phenoxy) is 1. The van der Waals surface area contributed by atoms with Gasteiger partial charge in [-0.1, -0.05) is 26.8 Å². The van der Waals surface area contributed by atoms with Crippen molar-refractivity contribution in [3.05, 3.63) is 23.8 Å². The summed E-state index contributed by atoms with van der Waals surface area (Å²) in [6.45, 7) is 5.98. The molecule has 0 aromatic heterocycles. The smallest absolute Gasteiger partial charge is 0.744 e. The predicted octanol–water partition coefficient (Wildman–Crippen LogP) is -1.10. The van der Waals surface area contributed by atoms with E-state index in [0.29, 0.717) is 0 Å². The summed E-state index contributed by atoms with van der Waals surface area (Å²) in [5.74, 6) is 0.0995. The second-order valence-corrected chi connectivity index (χ2v) is 5.92. The Morgan fingerprint density at radius 2 is 1.76 bits per heavy atom. The van der Waals surface area contributed by atoms with Crippen molar-refractivity contribution in [3.63, 3.8) is 0 Å². The third-order valence-electron chi connectivity index (χ3n) is 2.30. The van der Waals surface area contributed by atoms with Gasteiger partial charge in [-0.05, 0) is 23.1 Å². The zero-order valence-corrected chi connectivity index (χ0v) is 11.6. The average Bonchev–Trinajstić information content (AvgIpc) is 2.14. The maximum absolute atomic E-state index is 10.9. The summed E-state index contributed by atoms with van der Waals surface area (Å²) >= 11 is 0. The first-order valence-corrected chi connectivity index (χ1v) is 6.21. The Morgan fingerprint density at radius 3 is 2.12 bits per heavy atom. The molecular formula is C11H15LiO4S. The third-order valence-corrected chi connectivity index (χ3v) is 3.17. The Balaban J connectivity index is 0.00000256. The van der Waals surface area contributed by atoms with Crippen LogP contribution in [-0.4, -0.2) is 20.1 Å². The molecular weight excluding hydrogens is 235 g/mol. The van der Waals surface area contributed by atoms with Crippen molar-refractivity contribution >= 4 is 10.1 Å². The molecule has 0 unspecified atom stereocenters. The van der Waals surface area contributed by atoms with Crippen molar-refractivity contribution in [3.8, 4) is 5.75 Å². The maximum atomic E-state index is 10.9. The molecule has 0 radical (unpaired) electrons. The second kappa shape index (κ2) is 5.45. The van der Waals surface area contributed by atoms with Crippen LogP contribution in [0.1, 0.15) is 26.3 Å². The van der Waals surface area contributed by atoms with Crippen LogP contribution in [-0.2, 0) is 15.5 Å². The van der Waals surface area contributed by atoms with Crippen molar-refractivity contribution in [2.45, 2.75) is 31.1 Å². The van der Waals surface area contributed by atoms with E-state index in [0.717, 1.165) is 5.56 Å². The van der Waals surface area contributed by atoms with E-state index >= 15 is 0 Å². The Kier molecular flexibility index (Phi) is 5.30. The Bertz CT molecular complexity index is 489. The molecule has 0 amide bonds. The molecule has 0 N–H and O–H groups in total. The third kappa shape index (κ3) is 4.04. The van der Waals surface area contributed by atoms with E-state index in [1.165, 1.54) is 13.2 Å². The van der Waals surface area contributed by atoms with Gasteiger partial charge < -0.3 is 9.29 Å². The van der Waals surface area contributed by atoms with E-state index in [4.69, 9.17) is 4.74 Å². The SMILES string of the molecule is COc1cc(C(C)(C)C)ccc1S(=O)(=O)[O-].[Li+]. The molecule has 90 valence electrons. The van der Waals surface area contributed by atoms with E-state index in [1.54, 1.807) is 12.1 Å². The van der Waals surface area contributed by atoms with Gasteiger partial charge in [0.05, 0.1) is 12.0 Å². The van der Waals surface area contributed by atoms with Gasteiger partial charge in [0.25, 0.3) is 0 Å².